The summed E-state index contributed by atoms with van der Waals surface area (Å²) in [5, 5.41) is 15.4. The van der Waals surface area contributed by atoms with E-state index in [1.807, 2.05) is 47.3 Å². The third-order valence-corrected chi connectivity index (χ3v) is 5.97. The van der Waals surface area contributed by atoms with Crippen molar-refractivity contribution >= 4 is 22.6 Å². The second-order valence-electron chi connectivity index (χ2n) is 8.59. The molecule has 5 aromatic rings. The molecule has 0 fully saturated rings. The van der Waals surface area contributed by atoms with Crippen LogP contribution >= 0.6 is 0 Å². The van der Waals surface area contributed by atoms with Gasteiger partial charge in [-0.05, 0) is 62.2 Å². The number of hydrogen-bond acceptors (Lipinski definition) is 4. The molecule has 170 valence electrons. The number of nitrogens with zero attached hydrogens (tertiary/aromatic N) is 4. The number of hydrogen-bond donors (Lipinski definition) is 1. The van der Waals surface area contributed by atoms with Gasteiger partial charge in [0.15, 0.2) is 5.82 Å². The van der Waals surface area contributed by atoms with Crippen LogP contribution in [0.25, 0.3) is 39.5 Å². The minimum atomic E-state index is -0.280. The van der Waals surface area contributed by atoms with Gasteiger partial charge in [-0.1, -0.05) is 48.0 Å². The van der Waals surface area contributed by atoms with Crippen molar-refractivity contribution < 1.29 is 0 Å². The first-order valence-electron chi connectivity index (χ1n) is 11.3. The molecule has 0 aliphatic rings. The summed E-state index contributed by atoms with van der Waals surface area (Å²) in [7, 11) is 0. The Kier molecular flexibility index (Phi) is 5.60. The maximum atomic E-state index is 12.6. The SMILES string of the molecule is Cc1cc(C)c(-c2nn(-c3ccccc3)cc2/C=C(\C#N)c2nc3ccccc3c(=O)[nH]2)c(C)c1. The number of aromatic amines is 1. The summed E-state index contributed by atoms with van der Waals surface area (Å²) in [6.45, 7) is 6.21. The lowest BCUT2D eigenvalue weighted by Gasteiger charge is -2.10. The van der Waals surface area contributed by atoms with Gasteiger partial charge in [-0.2, -0.15) is 10.4 Å². The number of nitriles is 1. The Morgan fingerprint density at radius 3 is 2.40 bits per heavy atom. The Labute approximate surface area is 202 Å². The van der Waals surface area contributed by atoms with E-state index in [0.29, 0.717) is 10.9 Å². The first-order chi connectivity index (χ1) is 16.9. The Morgan fingerprint density at radius 2 is 1.69 bits per heavy atom. The highest BCUT2D eigenvalue weighted by molar-refractivity contribution is 5.92. The molecule has 0 amide bonds. The van der Waals surface area contributed by atoms with Crippen molar-refractivity contribution in [2.45, 2.75) is 20.8 Å². The lowest BCUT2D eigenvalue weighted by Crippen LogP contribution is -2.11. The maximum Gasteiger partial charge on any atom is 0.259 e. The molecule has 0 saturated heterocycles. The van der Waals surface area contributed by atoms with Crippen LogP contribution in [0, 0.1) is 32.1 Å². The number of H-pyrrole nitrogens is 1. The molecule has 5 rings (SSSR count). The minimum absolute atomic E-state index is 0.229. The summed E-state index contributed by atoms with van der Waals surface area (Å²) in [6.07, 6.45) is 3.65. The fourth-order valence-electron chi connectivity index (χ4n) is 4.48. The molecule has 2 heterocycles. The number of fused-ring (bicyclic) bond motifs is 1. The van der Waals surface area contributed by atoms with E-state index in [-0.39, 0.29) is 17.0 Å². The fraction of sp³-hybridized carbons (Fsp3) is 0.103. The highest BCUT2D eigenvalue weighted by Crippen LogP contribution is 2.32. The summed E-state index contributed by atoms with van der Waals surface area (Å²) < 4.78 is 1.81. The topological polar surface area (TPSA) is 87.4 Å². The predicted molar refractivity (Wildman–Crippen MR) is 139 cm³/mol. The van der Waals surface area contributed by atoms with E-state index < -0.39 is 0 Å². The van der Waals surface area contributed by atoms with Gasteiger partial charge in [0.2, 0.25) is 0 Å². The summed E-state index contributed by atoms with van der Waals surface area (Å²) >= 11 is 0. The molecule has 1 N–H and O–H groups in total. The fourth-order valence-corrected chi connectivity index (χ4v) is 4.48. The number of allylic oxidation sites excluding steroid dienone is 1. The number of rotatable bonds is 4. The van der Waals surface area contributed by atoms with Crippen LogP contribution in [-0.2, 0) is 0 Å². The van der Waals surface area contributed by atoms with Crippen molar-refractivity contribution in [3.63, 3.8) is 0 Å². The largest absolute Gasteiger partial charge is 0.305 e. The van der Waals surface area contributed by atoms with E-state index in [9.17, 15) is 10.1 Å². The Hall–Kier alpha value is -4.76. The third-order valence-electron chi connectivity index (χ3n) is 5.97. The van der Waals surface area contributed by atoms with Crippen molar-refractivity contribution in [3.05, 3.63) is 111 Å². The minimum Gasteiger partial charge on any atom is -0.305 e. The molecule has 0 radical (unpaired) electrons. The highest BCUT2D eigenvalue weighted by atomic mass is 16.1. The summed E-state index contributed by atoms with van der Waals surface area (Å²) in [5.41, 5.74) is 7.35. The molecule has 0 unspecified atom stereocenters. The van der Waals surface area contributed by atoms with Crippen LogP contribution in [0.15, 0.2) is 77.7 Å². The number of aromatic nitrogens is 4. The molecule has 0 aliphatic carbocycles. The number of benzene rings is 3. The van der Waals surface area contributed by atoms with Crippen molar-refractivity contribution in [1.29, 1.82) is 5.26 Å². The van der Waals surface area contributed by atoms with Crippen molar-refractivity contribution in [1.82, 2.24) is 19.7 Å². The Balaban J connectivity index is 1.74. The molecule has 0 bridgehead atoms. The highest BCUT2D eigenvalue weighted by Gasteiger charge is 2.17. The van der Waals surface area contributed by atoms with E-state index in [4.69, 9.17) is 5.10 Å². The van der Waals surface area contributed by atoms with Crippen molar-refractivity contribution in [2.24, 2.45) is 0 Å². The summed E-state index contributed by atoms with van der Waals surface area (Å²) in [6, 6.07) is 23.4. The number of nitrogens with one attached hydrogen (secondary N) is 1. The van der Waals surface area contributed by atoms with Gasteiger partial charge in [-0.3, -0.25) is 4.79 Å². The Bertz CT molecular complexity index is 1680. The molecule has 6 nitrogen and oxygen atoms in total. The van der Waals surface area contributed by atoms with Gasteiger partial charge in [0, 0.05) is 17.3 Å². The van der Waals surface area contributed by atoms with Crippen LogP contribution in [0.1, 0.15) is 28.1 Å². The van der Waals surface area contributed by atoms with Crippen LogP contribution in [0.2, 0.25) is 0 Å². The second-order valence-corrected chi connectivity index (χ2v) is 8.59. The molecule has 0 spiro atoms. The van der Waals surface area contributed by atoms with E-state index in [0.717, 1.165) is 33.6 Å². The summed E-state index contributed by atoms with van der Waals surface area (Å²) in [4.78, 5) is 19.9. The van der Waals surface area contributed by atoms with E-state index in [1.54, 1.807) is 24.3 Å². The molecule has 3 aromatic carbocycles. The molecular weight excluding hydrogens is 434 g/mol. The first-order valence-corrected chi connectivity index (χ1v) is 11.3. The zero-order chi connectivity index (χ0) is 24.5. The third kappa shape index (κ3) is 4.16. The van der Waals surface area contributed by atoms with E-state index in [1.165, 1.54) is 5.56 Å². The zero-order valence-corrected chi connectivity index (χ0v) is 19.7. The van der Waals surface area contributed by atoms with Crippen LogP contribution in [-0.4, -0.2) is 19.7 Å². The van der Waals surface area contributed by atoms with Crippen molar-refractivity contribution in [2.75, 3.05) is 0 Å². The average molecular weight is 458 g/mol. The van der Waals surface area contributed by atoms with Gasteiger partial charge in [0.25, 0.3) is 5.56 Å². The van der Waals surface area contributed by atoms with Gasteiger partial charge >= 0.3 is 0 Å². The van der Waals surface area contributed by atoms with Gasteiger partial charge in [0.1, 0.15) is 11.8 Å². The molecule has 0 aliphatic heterocycles. The molecule has 0 saturated carbocycles. The molecular formula is C29H23N5O. The van der Waals surface area contributed by atoms with Gasteiger partial charge in [-0.15, -0.1) is 0 Å². The maximum absolute atomic E-state index is 12.6. The van der Waals surface area contributed by atoms with Crippen LogP contribution < -0.4 is 5.56 Å². The molecule has 2 aromatic heterocycles. The van der Waals surface area contributed by atoms with Crippen LogP contribution in [0.5, 0.6) is 0 Å². The van der Waals surface area contributed by atoms with Crippen molar-refractivity contribution in [3.8, 4) is 23.0 Å². The monoisotopic (exact) mass is 457 g/mol. The number of para-hydroxylation sites is 2. The lowest BCUT2D eigenvalue weighted by atomic mass is 9.95. The van der Waals surface area contributed by atoms with Gasteiger partial charge < -0.3 is 4.98 Å². The predicted octanol–water partition coefficient (Wildman–Crippen LogP) is 5.77. The average Bonchev–Trinajstić information content (AvgIpc) is 3.25. The Morgan fingerprint density at radius 1 is 1.00 bits per heavy atom. The quantitative estimate of drug-likeness (QED) is 0.347. The second kappa shape index (κ2) is 8.88. The standard InChI is InChI=1S/C29H23N5O/c1-18-13-19(2)26(20(3)14-18)27-22(17-34(33-27)23-9-5-4-6-10-23)15-21(16-30)28-31-25-12-8-7-11-24(25)29(35)32-28/h4-15,17H,1-3H3,(H,31,32,35)/b21-15+. The smallest absolute Gasteiger partial charge is 0.259 e. The van der Waals surface area contributed by atoms with E-state index in [2.05, 4.69) is 48.9 Å². The molecule has 6 heteroatoms. The lowest BCUT2D eigenvalue weighted by molar-refractivity contribution is 0.883. The van der Waals surface area contributed by atoms with E-state index >= 15 is 0 Å². The normalized spacial score (nSPS) is 11.5. The summed E-state index contributed by atoms with van der Waals surface area (Å²) in [5.74, 6) is 0.229. The number of aryl methyl sites for hydroxylation is 3. The van der Waals surface area contributed by atoms with Crippen LogP contribution in [0.4, 0.5) is 0 Å². The van der Waals surface area contributed by atoms with Gasteiger partial charge in [0.05, 0.1) is 22.2 Å². The molecule has 35 heavy (non-hydrogen) atoms. The van der Waals surface area contributed by atoms with Crippen LogP contribution in [0.3, 0.4) is 0 Å². The van der Waals surface area contributed by atoms with Gasteiger partial charge in [-0.25, -0.2) is 9.67 Å². The first kappa shape index (κ1) is 22.1. The zero-order valence-electron chi connectivity index (χ0n) is 19.7. The molecule has 0 atom stereocenters.